The third-order valence-corrected chi connectivity index (χ3v) is 17.0. The fourth-order valence-corrected chi connectivity index (χ4v) is 13.8. The van der Waals surface area contributed by atoms with Gasteiger partial charge in [0.1, 0.15) is 45.2 Å². The van der Waals surface area contributed by atoms with Crippen molar-refractivity contribution in [3.63, 3.8) is 0 Å². The van der Waals surface area contributed by atoms with Crippen LogP contribution in [0.25, 0.3) is 0 Å². The molecule has 0 aromatic rings. The van der Waals surface area contributed by atoms with E-state index >= 15 is 0 Å². The molecule has 5 fully saturated rings. The number of nitrogens with one attached hydrogen (secondary N) is 6. The Labute approximate surface area is 511 Å². The van der Waals surface area contributed by atoms with Crippen molar-refractivity contribution in [1.82, 2.24) is 31.9 Å². The maximum absolute atomic E-state index is 13.2. The van der Waals surface area contributed by atoms with Crippen LogP contribution in [0.5, 0.6) is 0 Å². The van der Waals surface area contributed by atoms with Crippen molar-refractivity contribution in [3.05, 3.63) is 12.2 Å². The number of hydrogen-bond donors (Lipinski definition) is 6. The van der Waals surface area contributed by atoms with Crippen LogP contribution < -0.4 is 31.9 Å². The van der Waals surface area contributed by atoms with Crippen LogP contribution in [0.4, 0.5) is 28.8 Å². The molecule has 0 spiro atoms. The van der Waals surface area contributed by atoms with Crippen LogP contribution in [-0.2, 0) is 52.2 Å². The van der Waals surface area contributed by atoms with Gasteiger partial charge in [-0.2, -0.15) is 0 Å². The van der Waals surface area contributed by atoms with Gasteiger partial charge in [-0.15, -0.1) is 0 Å². The molecular formula is C63H108N6O17. The summed E-state index contributed by atoms with van der Waals surface area (Å²) in [6.07, 6.45) is 6.24. The van der Waals surface area contributed by atoms with Gasteiger partial charge in [0.05, 0.1) is 32.5 Å². The van der Waals surface area contributed by atoms with Crippen molar-refractivity contribution >= 4 is 42.5 Å². The Morgan fingerprint density at radius 3 is 1.17 bits per heavy atom. The van der Waals surface area contributed by atoms with E-state index in [1.165, 1.54) is 6.92 Å². The number of epoxide rings is 2. The predicted molar refractivity (Wildman–Crippen MR) is 321 cm³/mol. The second-order valence-electron chi connectivity index (χ2n) is 29.6. The lowest BCUT2D eigenvalue weighted by Gasteiger charge is -2.46. The summed E-state index contributed by atoms with van der Waals surface area (Å²) in [5, 5.41) is 17.9. The number of alkyl carbamates (subject to hydrolysis) is 6. The molecule has 0 radical (unpaired) electrons. The van der Waals surface area contributed by atoms with E-state index in [9.17, 15) is 33.6 Å². The zero-order valence-corrected chi connectivity index (χ0v) is 54.2. The summed E-state index contributed by atoms with van der Waals surface area (Å²) in [4.78, 5) is 88.9. The molecule has 11 atom stereocenters. The Bertz CT molecular complexity index is 2160. The molecule has 0 bridgehead atoms. The Morgan fingerprint density at radius 2 is 0.814 bits per heavy atom. The first kappa shape index (κ1) is 71.5. The van der Waals surface area contributed by atoms with Crippen molar-refractivity contribution in [1.29, 1.82) is 0 Å². The van der Waals surface area contributed by atoms with E-state index in [0.29, 0.717) is 65.1 Å². The predicted octanol–water partition coefficient (Wildman–Crippen LogP) is 9.87. The van der Waals surface area contributed by atoms with E-state index in [1.54, 1.807) is 0 Å². The zero-order valence-electron chi connectivity index (χ0n) is 54.2. The first-order valence-corrected chi connectivity index (χ1v) is 31.4. The Kier molecular flexibility index (Phi) is 26.8. The largest absolute Gasteiger partial charge is 0.459 e. The number of esters is 1. The van der Waals surface area contributed by atoms with Gasteiger partial charge in [0, 0.05) is 49.9 Å². The first-order valence-electron chi connectivity index (χ1n) is 31.4. The number of rotatable bonds is 32. The molecule has 0 aromatic heterocycles. The highest BCUT2D eigenvalue weighted by molar-refractivity contribution is 5.86. The fraction of sp³-hybridized carbons (Fsp3) is 0.857. The number of carbonyl (C=O) groups excluding carboxylic acids is 7. The summed E-state index contributed by atoms with van der Waals surface area (Å²) in [5.41, 5.74) is -0.965. The van der Waals surface area contributed by atoms with E-state index in [1.807, 2.05) is 20.8 Å². The van der Waals surface area contributed by atoms with Gasteiger partial charge in [0.25, 0.3) is 0 Å². The Morgan fingerprint density at radius 1 is 0.465 bits per heavy atom. The van der Waals surface area contributed by atoms with Crippen molar-refractivity contribution in [2.24, 2.45) is 50.2 Å². The van der Waals surface area contributed by atoms with Crippen molar-refractivity contribution in [2.75, 3.05) is 85.7 Å². The molecule has 3 saturated carbocycles. The molecule has 86 heavy (non-hydrogen) atoms. The molecule has 5 aliphatic rings. The molecule has 23 heteroatoms. The third kappa shape index (κ3) is 28.3. The molecule has 6 amide bonds. The normalized spacial score (nSPS) is 28.2. The van der Waals surface area contributed by atoms with Crippen LogP contribution in [0, 0.1) is 50.2 Å². The minimum atomic E-state index is -0.607. The average Bonchev–Trinajstić information content (AvgIpc) is 2.12. The molecule has 0 aromatic carbocycles. The molecule has 5 rings (SSSR count). The van der Waals surface area contributed by atoms with Crippen molar-refractivity contribution in [3.8, 4) is 0 Å². The van der Waals surface area contributed by atoms with Gasteiger partial charge in [-0.1, -0.05) is 82.7 Å². The van der Waals surface area contributed by atoms with Gasteiger partial charge in [0.2, 0.25) is 0 Å². The topological polar surface area (TPSA) is 291 Å². The second-order valence-corrected chi connectivity index (χ2v) is 29.6. The monoisotopic (exact) mass is 1220 g/mol. The lowest BCUT2D eigenvalue weighted by molar-refractivity contribution is -0.139. The van der Waals surface area contributed by atoms with Gasteiger partial charge in [-0.25, -0.2) is 33.6 Å². The van der Waals surface area contributed by atoms with Crippen LogP contribution in [-0.4, -0.2) is 165 Å². The lowest BCUT2D eigenvalue weighted by Crippen LogP contribution is -2.50. The van der Waals surface area contributed by atoms with E-state index < -0.39 is 48.6 Å². The van der Waals surface area contributed by atoms with Gasteiger partial charge in [-0.05, 0) is 148 Å². The minimum absolute atomic E-state index is 0.0161. The molecule has 23 nitrogen and oxygen atoms in total. The first-order chi connectivity index (χ1) is 40.2. The molecule has 492 valence electrons. The zero-order chi connectivity index (χ0) is 63.5. The smallest absolute Gasteiger partial charge is 0.407 e. The minimum Gasteiger partial charge on any atom is -0.459 e. The van der Waals surface area contributed by atoms with Crippen LogP contribution in [0.1, 0.15) is 173 Å². The van der Waals surface area contributed by atoms with E-state index in [0.717, 1.165) is 57.8 Å². The maximum atomic E-state index is 13.2. The highest BCUT2D eigenvalue weighted by Crippen LogP contribution is 2.48. The summed E-state index contributed by atoms with van der Waals surface area (Å²) >= 11 is 0. The second kappa shape index (κ2) is 32.3. The molecule has 3 aliphatic carbocycles. The number of ether oxygens (including phenoxy) is 10. The van der Waals surface area contributed by atoms with Gasteiger partial charge >= 0.3 is 42.5 Å². The molecule has 2 heterocycles. The van der Waals surface area contributed by atoms with E-state index in [4.69, 9.17) is 47.4 Å². The summed E-state index contributed by atoms with van der Waals surface area (Å²) < 4.78 is 54.8. The molecule has 2 saturated heterocycles. The van der Waals surface area contributed by atoms with Crippen LogP contribution >= 0.6 is 0 Å². The van der Waals surface area contributed by atoms with Crippen LogP contribution in [0.2, 0.25) is 0 Å². The average molecular weight is 1220 g/mol. The highest BCUT2D eigenvalue weighted by atomic mass is 16.6. The molecule has 6 N–H and O–H groups in total. The van der Waals surface area contributed by atoms with E-state index in [2.05, 4.69) is 101 Å². The standard InChI is InChI=1S/C63H108N6O17/c1-41(2)51(70)77-19-20-78-55(74)67-46-21-58(6,7)35-61(12,24-46)40-66-54(73)84-29-44(5)79-30-45(17-15-42(3)27-82-52(71)64-38-62(13)25-47(22-59(8,9)36-62)68-56(75)85-33-49-31-80-49)18-16-43(4)28-83-53(72)65-39-63(14)26-48(23-60(10,11)37-63)69-57(76)86-34-50-32-81-50/h42-50H,1,15-40H2,2-14H3,(H,64,71)(H,65,72)(H,66,73)(H,67,74)(H,68,75)(H,69,76). The van der Waals surface area contributed by atoms with Crippen molar-refractivity contribution < 1.29 is 80.9 Å². The summed E-state index contributed by atoms with van der Waals surface area (Å²) in [5.74, 6) is -0.411. The fourth-order valence-electron chi connectivity index (χ4n) is 13.8. The van der Waals surface area contributed by atoms with Gasteiger partial charge in [0.15, 0.2) is 0 Å². The maximum Gasteiger partial charge on any atom is 0.407 e. The summed E-state index contributed by atoms with van der Waals surface area (Å²) in [6.45, 7) is 33.7. The highest BCUT2D eigenvalue weighted by Gasteiger charge is 2.45. The number of amides is 6. The summed E-state index contributed by atoms with van der Waals surface area (Å²) in [7, 11) is 0. The van der Waals surface area contributed by atoms with E-state index in [-0.39, 0.29) is 132 Å². The van der Waals surface area contributed by atoms with Crippen LogP contribution in [0.15, 0.2) is 12.2 Å². The quantitative estimate of drug-likeness (QED) is 0.0120. The lowest BCUT2D eigenvalue weighted by atomic mass is 9.62. The molecule has 11 unspecified atom stereocenters. The number of hydrogen-bond acceptors (Lipinski definition) is 17. The SMILES string of the molecule is C=C(C)C(=O)OCCOC(=O)NC1CC(C)(C)CC(C)(CNC(=O)OCC(C)OCC(CCC(C)COC(=O)NCC2(C)CC(NC(=O)OCC3CO3)CC(C)(C)C2)CCC(C)COC(=O)NCC2(C)CC(NC(=O)OCC3CO3)CC(C)(C)C2)C1. The molecular weight excluding hydrogens is 1110 g/mol. The Hall–Kier alpha value is -5.29. The van der Waals surface area contributed by atoms with Crippen molar-refractivity contribution in [2.45, 2.75) is 210 Å². The Balaban J connectivity index is 1.08. The van der Waals surface area contributed by atoms with Gasteiger partial charge in [-0.3, -0.25) is 0 Å². The number of carbonyl (C=O) groups is 7. The van der Waals surface area contributed by atoms with Crippen LogP contribution in [0.3, 0.4) is 0 Å². The summed E-state index contributed by atoms with van der Waals surface area (Å²) in [6, 6.07) is -0.423. The van der Waals surface area contributed by atoms with Gasteiger partial charge < -0.3 is 79.3 Å². The third-order valence-electron chi connectivity index (χ3n) is 17.0. The molecule has 2 aliphatic heterocycles.